The van der Waals surface area contributed by atoms with Gasteiger partial charge in [0.1, 0.15) is 13.2 Å². The van der Waals surface area contributed by atoms with Crippen LogP contribution in [0.4, 0.5) is 0 Å². The fourth-order valence-corrected chi connectivity index (χ4v) is 2.54. The Bertz CT molecular complexity index is 520. The Kier molecular flexibility index (Phi) is 6.65. The lowest BCUT2D eigenvalue weighted by molar-refractivity contribution is 0.171. The van der Waals surface area contributed by atoms with Crippen molar-refractivity contribution >= 4 is 17.6 Å². The van der Waals surface area contributed by atoms with Gasteiger partial charge in [-0.15, -0.1) is 0 Å². The van der Waals surface area contributed by atoms with Gasteiger partial charge in [-0.25, -0.2) is 0 Å². The SMILES string of the molecule is CCCCCNC(=NC)NCc1cc(Cl)c2c(c1)OCCO2. The highest BCUT2D eigenvalue weighted by molar-refractivity contribution is 6.32. The van der Waals surface area contributed by atoms with E-state index in [1.165, 1.54) is 12.8 Å². The molecule has 0 fully saturated rings. The number of hydrogen-bond acceptors (Lipinski definition) is 3. The van der Waals surface area contributed by atoms with Crippen molar-refractivity contribution in [3.63, 3.8) is 0 Å². The highest BCUT2D eigenvalue weighted by atomic mass is 35.5. The molecule has 0 aliphatic carbocycles. The standard InChI is InChI=1S/C16H24ClN3O2/c1-3-4-5-6-19-16(18-2)20-11-12-9-13(17)15-14(10-12)21-7-8-22-15/h9-10H,3-8,11H2,1-2H3,(H2,18,19,20). The lowest BCUT2D eigenvalue weighted by Crippen LogP contribution is -2.37. The fraction of sp³-hybridized carbons (Fsp3) is 0.562. The molecule has 1 heterocycles. The number of rotatable bonds is 6. The molecule has 2 rings (SSSR count). The molecule has 6 heteroatoms. The summed E-state index contributed by atoms with van der Waals surface area (Å²) in [6, 6.07) is 3.85. The van der Waals surface area contributed by atoms with E-state index in [9.17, 15) is 0 Å². The van der Waals surface area contributed by atoms with Crippen LogP contribution >= 0.6 is 11.6 Å². The molecular weight excluding hydrogens is 302 g/mol. The van der Waals surface area contributed by atoms with Gasteiger partial charge in [0.05, 0.1) is 5.02 Å². The lowest BCUT2D eigenvalue weighted by Gasteiger charge is -2.20. The molecule has 0 atom stereocenters. The van der Waals surface area contributed by atoms with E-state index in [1.807, 2.05) is 12.1 Å². The molecule has 1 aliphatic heterocycles. The van der Waals surface area contributed by atoms with Gasteiger partial charge in [-0.05, 0) is 24.1 Å². The zero-order chi connectivity index (χ0) is 15.8. The Hall–Kier alpha value is -1.62. The molecule has 2 N–H and O–H groups in total. The van der Waals surface area contributed by atoms with E-state index in [0.717, 1.165) is 24.5 Å². The minimum absolute atomic E-state index is 0.540. The first kappa shape index (κ1) is 16.7. The molecule has 0 radical (unpaired) electrons. The average Bonchev–Trinajstić information content (AvgIpc) is 2.54. The molecule has 22 heavy (non-hydrogen) atoms. The van der Waals surface area contributed by atoms with Gasteiger partial charge in [-0.1, -0.05) is 31.4 Å². The van der Waals surface area contributed by atoms with Crippen LogP contribution in [-0.2, 0) is 6.54 Å². The second-order valence-corrected chi connectivity index (χ2v) is 5.57. The molecule has 122 valence electrons. The Labute approximate surface area is 137 Å². The number of unbranched alkanes of at least 4 members (excludes halogenated alkanes) is 2. The summed E-state index contributed by atoms with van der Waals surface area (Å²) in [5.74, 6) is 2.14. The first-order valence-corrected chi connectivity index (χ1v) is 8.15. The number of ether oxygens (including phenoxy) is 2. The van der Waals surface area contributed by atoms with E-state index in [2.05, 4.69) is 22.5 Å². The number of fused-ring (bicyclic) bond motifs is 1. The minimum atomic E-state index is 0.540. The van der Waals surface area contributed by atoms with Gasteiger partial charge in [0, 0.05) is 20.1 Å². The molecule has 1 aromatic carbocycles. The predicted molar refractivity (Wildman–Crippen MR) is 90.2 cm³/mol. The second-order valence-electron chi connectivity index (χ2n) is 5.16. The summed E-state index contributed by atoms with van der Waals surface area (Å²) in [5.41, 5.74) is 1.03. The van der Waals surface area contributed by atoms with Crippen LogP contribution in [0.3, 0.4) is 0 Å². The number of hydrogen-bond donors (Lipinski definition) is 2. The predicted octanol–water partition coefficient (Wildman–Crippen LogP) is 2.97. The summed E-state index contributed by atoms with van der Waals surface area (Å²) >= 11 is 6.24. The smallest absolute Gasteiger partial charge is 0.191 e. The molecule has 0 saturated heterocycles. The maximum absolute atomic E-state index is 6.24. The Morgan fingerprint density at radius 3 is 2.82 bits per heavy atom. The van der Waals surface area contributed by atoms with Crippen LogP contribution in [0.1, 0.15) is 31.7 Å². The molecule has 1 aromatic rings. The number of benzene rings is 1. The first-order chi connectivity index (χ1) is 10.7. The zero-order valence-electron chi connectivity index (χ0n) is 13.2. The molecule has 0 saturated carbocycles. The van der Waals surface area contributed by atoms with Gasteiger partial charge in [-0.2, -0.15) is 0 Å². The molecule has 0 amide bonds. The van der Waals surface area contributed by atoms with E-state index in [-0.39, 0.29) is 0 Å². The van der Waals surface area contributed by atoms with Crippen LogP contribution in [-0.4, -0.2) is 32.8 Å². The highest BCUT2D eigenvalue weighted by Gasteiger charge is 2.16. The molecule has 0 bridgehead atoms. The number of aliphatic imine (C=N–C) groups is 1. The van der Waals surface area contributed by atoms with Gasteiger partial charge >= 0.3 is 0 Å². The van der Waals surface area contributed by atoms with Crippen molar-refractivity contribution in [2.45, 2.75) is 32.7 Å². The molecule has 0 aromatic heterocycles. The Morgan fingerprint density at radius 2 is 2.05 bits per heavy atom. The van der Waals surface area contributed by atoms with E-state index >= 15 is 0 Å². The van der Waals surface area contributed by atoms with E-state index in [1.54, 1.807) is 7.05 Å². The summed E-state index contributed by atoms with van der Waals surface area (Å²) in [7, 11) is 1.77. The topological polar surface area (TPSA) is 54.9 Å². The Balaban J connectivity index is 1.89. The number of halogens is 1. The van der Waals surface area contributed by atoms with Crippen LogP contribution in [0.5, 0.6) is 11.5 Å². The van der Waals surface area contributed by atoms with Crippen molar-refractivity contribution in [2.75, 3.05) is 26.8 Å². The van der Waals surface area contributed by atoms with Crippen LogP contribution in [0.15, 0.2) is 17.1 Å². The molecule has 5 nitrogen and oxygen atoms in total. The molecule has 1 aliphatic rings. The molecular formula is C16H24ClN3O2. The fourth-order valence-electron chi connectivity index (χ4n) is 2.25. The normalized spacial score (nSPS) is 13.9. The number of nitrogens with one attached hydrogen (secondary N) is 2. The van der Waals surface area contributed by atoms with E-state index in [4.69, 9.17) is 21.1 Å². The molecule has 0 unspecified atom stereocenters. The van der Waals surface area contributed by atoms with E-state index in [0.29, 0.717) is 36.3 Å². The van der Waals surface area contributed by atoms with Crippen molar-refractivity contribution in [1.29, 1.82) is 0 Å². The van der Waals surface area contributed by atoms with Crippen molar-refractivity contribution in [1.82, 2.24) is 10.6 Å². The van der Waals surface area contributed by atoms with Crippen molar-refractivity contribution in [3.8, 4) is 11.5 Å². The van der Waals surface area contributed by atoms with Gasteiger partial charge in [0.25, 0.3) is 0 Å². The summed E-state index contributed by atoms with van der Waals surface area (Å²) in [5, 5.41) is 7.17. The number of guanidine groups is 1. The van der Waals surface area contributed by atoms with Gasteiger partial charge in [0.2, 0.25) is 0 Å². The summed E-state index contributed by atoms with van der Waals surface area (Å²) in [6.45, 7) is 4.84. The van der Waals surface area contributed by atoms with Crippen molar-refractivity contribution in [2.24, 2.45) is 4.99 Å². The first-order valence-electron chi connectivity index (χ1n) is 7.77. The average molecular weight is 326 g/mol. The quantitative estimate of drug-likeness (QED) is 0.479. The summed E-state index contributed by atoms with van der Waals surface area (Å²) in [4.78, 5) is 4.22. The van der Waals surface area contributed by atoms with Crippen LogP contribution in [0.25, 0.3) is 0 Å². The van der Waals surface area contributed by atoms with Crippen LogP contribution < -0.4 is 20.1 Å². The van der Waals surface area contributed by atoms with Crippen LogP contribution in [0, 0.1) is 0 Å². The third-order valence-corrected chi connectivity index (χ3v) is 3.69. The maximum atomic E-state index is 6.24. The third kappa shape index (κ3) is 4.70. The largest absolute Gasteiger partial charge is 0.486 e. The zero-order valence-corrected chi connectivity index (χ0v) is 14.0. The highest BCUT2D eigenvalue weighted by Crippen LogP contribution is 2.38. The maximum Gasteiger partial charge on any atom is 0.191 e. The van der Waals surface area contributed by atoms with Crippen LogP contribution in [0.2, 0.25) is 5.02 Å². The lowest BCUT2D eigenvalue weighted by atomic mass is 10.2. The third-order valence-electron chi connectivity index (χ3n) is 3.41. The summed E-state index contributed by atoms with van der Waals surface area (Å²) < 4.78 is 11.1. The monoisotopic (exact) mass is 325 g/mol. The second kappa shape index (κ2) is 8.73. The van der Waals surface area contributed by atoms with Crippen molar-refractivity contribution < 1.29 is 9.47 Å². The number of nitrogens with zero attached hydrogens (tertiary/aromatic N) is 1. The summed E-state index contributed by atoms with van der Waals surface area (Å²) in [6.07, 6.45) is 3.58. The van der Waals surface area contributed by atoms with Crippen molar-refractivity contribution in [3.05, 3.63) is 22.7 Å². The van der Waals surface area contributed by atoms with E-state index < -0.39 is 0 Å². The molecule has 0 spiro atoms. The Morgan fingerprint density at radius 1 is 1.23 bits per heavy atom. The van der Waals surface area contributed by atoms with Gasteiger partial charge in [-0.3, -0.25) is 4.99 Å². The van der Waals surface area contributed by atoms with Gasteiger partial charge in [0.15, 0.2) is 17.5 Å². The van der Waals surface area contributed by atoms with Gasteiger partial charge < -0.3 is 20.1 Å². The minimum Gasteiger partial charge on any atom is -0.486 e.